The van der Waals surface area contributed by atoms with Crippen molar-refractivity contribution in [2.75, 3.05) is 5.32 Å². The predicted molar refractivity (Wildman–Crippen MR) is 91.6 cm³/mol. The zero-order valence-electron chi connectivity index (χ0n) is 10.9. The van der Waals surface area contributed by atoms with Gasteiger partial charge < -0.3 is 10.4 Å². The van der Waals surface area contributed by atoms with Crippen molar-refractivity contribution in [3.63, 3.8) is 0 Å². The highest BCUT2D eigenvalue weighted by Crippen LogP contribution is 2.35. The molecule has 1 aliphatic rings. The molecule has 104 valence electrons. The highest BCUT2D eigenvalue weighted by Gasteiger charge is 2.21. The number of halogens is 2. The fraction of sp³-hybridized carbons (Fsp3) is 0.250. The third-order valence-corrected chi connectivity index (χ3v) is 4.83. The maximum absolute atomic E-state index is 9.72. The Morgan fingerprint density at radius 3 is 2.85 bits per heavy atom. The van der Waals surface area contributed by atoms with Gasteiger partial charge in [0.15, 0.2) is 0 Å². The zero-order chi connectivity index (χ0) is 14.1. The molecular formula is C16H15ClINO. The molecule has 1 atom stereocenters. The minimum Gasteiger partial charge on any atom is -0.508 e. The van der Waals surface area contributed by atoms with E-state index < -0.39 is 0 Å². The van der Waals surface area contributed by atoms with Crippen molar-refractivity contribution in [3.05, 3.63) is 56.1 Å². The summed E-state index contributed by atoms with van der Waals surface area (Å²) in [6.07, 6.45) is 3.33. The topological polar surface area (TPSA) is 32.3 Å². The first-order valence-corrected chi connectivity index (χ1v) is 8.12. The Balaban J connectivity index is 1.91. The van der Waals surface area contributed by atoms with E-state index >= 15 is 0 Å². The summed E-state index contributed by atoms with van der Waals surface area (Å²) in [6.45, 7) is 0. The maximum Gasteiger partial charge on any atom is 0.115 e. The third-order valence-electron chi connectivity index (χ3n) is 3.70. The number of phenolic OH excluding ortho intramolecular Hbond substituents is 1. The van der Waals surface area contributed by atoms with Gasteiger partial charge in [0.05, 0.1) is 6.04 Å². The van der Waals surface area contributed by atoms with Crippen LogP contribution in [0.3, 0.4) is 0 Å². The van der Waals surface area contributed by atoms with Crippen LogP contribution in [-0.2, 0) is 6.42 Å². The van der Waals surface area contributed by atoms with E-state index in [1.165, 1.54) is 17.5 Å². The van der Waals surface area contributed by atoms with E-state index in [1.807, 2.05) is 30.3 Å². The van der Waals surface area contributed by atoms with Gasteiger partial charge in [-0.15, -0.1) is 0 Å². The van der Waals surface area contributed by atoms with Crippen molar-refractivity contribution >= 4 is 39.9 Å². The summed E-state index contributed by atoms with van der Waals surface area (Å²) in [5, 5.41) is 14.1. The second kappa shape index (κ2) is 5.82. The van der Waals surface area contributed by atoms with Gasteiger partial charge in [0, 0.05) is 14.3 Å². The van der Waals surface area contributed by atoms with Crippen LogP contribution in [0.5, 0.6) is 5.75 Å². The van der Waals surface area contributed by atoms with E-state index in [1.54, 1.807) is 6.07 Å². The van der Waals surface area contributed by atoms with Crippen LogP contribution in [0.15, 0.2) is 36.4 Å². The summed E-state index contributed by atoms with van der Waals surface area (Å²) < 4.78 is 1.11. The molecule has 0 bridgehead atoms. The lowest BCUT2D eigenvalue weighted by atomic mass is 9.87. The van der Waals surface area contributed by atoms with Crippen molar-refractivity contribution in [1.82, 2.24) is 0 Å². The number of hydrogen-bond acceptors (Lipinski definition) is 2. The van der Waals surface area contributed by atoms with Crippen LogP contribution in [0.2, 0.25) is 5.02 Å². The average molecular weight is 400 g/mol. The summed E-state index contributed by atoms with van der Waals surface area (Å²) in [7, 11) is 0. The van der Waals surface area contributed by atoms with Gasteiger partial charge in [-0.3, -0.25) is 0 Å². The number of anilines is 1. The lowest BCUT2D eigenvalue weighted by molar-refractivity contribution is 0.471. The van der Waals surface area contributed by atoms with Gasteiger partial charge in [-0.05, 0) is 83.3 Å². The number of rotatable bonds is 2. The minimum atomic E-state index is 0.251. The average Bonchev–Trinajstić information content (AvgIpc) is 2.42. The van der Waals surface area contributed by atoms with Gasteiger partial charge >= 0.3 is 0 Å². The van der Waals surface area contributed by atoms with Crippen LogP contribution in [-0.4, -0.2) is 5.11 Å². The molecule has 4 heteroatoms. The molecule has 0 aromatic heterocycles. The molecule has 1 aliphatic carbocycles. The number of aryl methyl sites for hydroxylation is 1. The molecule has 2 nitrogen and oxygen atoms in total. The first-order chi connectivity index (χ1) is 9.63. The van der Waals surface area contributed by atoms with Gasteiger partial charge in [-0.25, -0.2) is 0 Å². The highest BCUT2D eigenvalue weighted by molar-refractivity contribution is 14.1. The Morgan fingerprint density at radius 2 is 2.05 bits per heavy atom. The molecule has 2 N–H and O–H groups in total. The van der Waals surface area contributed by atoms with Crippen LogP contribution in [0.1, 0.15) is 30.0 Å². The highest BCUT2D eigenvalue weighted by atomic mass is 127. The fourth-order valence-corrected chi connectivity index (χ4v) is 3.76. The van der Waals surface area contributed by atoms with Crippen LogP contribution in [0.4, 0.5) is 5.69 Å². The first kappa shape index (κ1) is 14.0. The second-order valence-electron chi connectivity index (χ2n) is 5.10. The van der Waals surface area contributed by atoms with Gasteiger partial charge in [0.2, 0.25) is 0 Å². The molecule has 2 aromatic carbocycles. The van der Waals surface area contributed by atoms with Crippen molar-refractivity contribution in [3.8, 4) is 5.75 Å². The number of hydrogen-bond donors (Lipinski definition) is 2. The number of phenols is 1. The van der Waals surface area contributed by atoms with Gasteiger partial charge in [0.25, 0.3) is 0 Å². The summed E-state index contributed by atoms with van der Waals surface area (Å²) in [5.41, 5.74) is 3.63. The number of fused-ring (bicyclic) bond motifs is 1. The smallest absolute Gasteiger partial charge is 0.115 e. The molecule has 1 unspecified atom stereocenters. The van der Waals surface area contributed by atoms with Crippen molar-refractivity contribution < 1.29 is 5.11 Å². The molecule has 0 saturated heterocycles. The van der Waals surface area contributed by atoms with E-state index in [4.69, 9.17) is 11.6 Å². The summed E-state index contributed by atoms with van der Waals surface area (Å²) in [4.78, 5) is 0. The molecule has 0 aliphatic heterocycles. The van der Waals surface area contributed by atoms with E-state index in [-0.39, 0.29) is 6.04 Å². The van der Waals surface area contributed by atoms with Crippen LogP contribution >= 0.6 is 34.2 Å². The SMILES string of the molecule is Oc1ccc2c(c1)C(Nc1ccc(Cl)cc1I)CCC2. The Kier molecular flexibility index (Phi) is 4.08. The molecule has 0 radical (unpaired) electrons. The Hall–Kier alpha value is -0.940. The van der Waals surface area contributed by atoms with Crippen LogP contribution < -0.4 is 5.32 Å². The Labute approximate surface area is 137 Å². The summed E-state index contributed by atoms with van der Waals surface area (Å²) in [6, 6.07) is 11.8. The van der Waals surface area contributed by atoms with E-state index in [2.05, 4.69) is 27.9 Å². The molecular weight excluding hydrogens is 385 g/mol. The largest absolute Gasteiger partial charge is 0.508 e. The van der Waals surface area contributed by atoms with E-state index in [0.717, 1.165) is 27.1 Å². The van der Waals surface area contributed by atoms with Crippen LogP contribution in [0, 0.1) is 3.57 Å². The minimum absolute atomic E-state index is 0.251. The van der Waals surface area contributed by atoms with Crippen molar-refractivity contribution in [2.45, 2.75) is 25.3 Å². The molecule has 0 fully saturated rings. The van der Waals surface area contributed by atoms with Gasteiger partial charge in [-0.1, -0.05) is 17.7 Å². The van der Waals surface area contributed by atoms with Crippen molar-refractivity contribution in [1.29, 1.82) is 0 Å². The monoisotopic (exact) mass is 399 g/mol. The first-order valence-electron chi connectivity index (χ1n) is 6.67. The predicted octanol–water partition coefficient (Wildman–Crippen LogP) is 5.14. The standard InChI is InChI=1S/C16H15ClINO/c17-11-5-7-16(14(18)8-11)19-15-3-1-2-10-4-6-12(20)9-13(10)15/h4-9,15,19-20H,1-3H2. The molecule has 0 amide bonds. The summed E-state index contributed by atoms with van der Waals surface area (Å²) in [5.74, 6) is 0.336. The number of benzene rings is 2. The molecule has 0 heterocycles. The molecule has 0 spiro atoms. The van der Waals surface area contributed by atoms with E-state index in [9.17, 15) is 5.11 Å². The number of nitrogens with one attached hydrogen (secondary N) is 1. The molecule has 2 aromatic rings. The third kappa shape index (κ3) is 2.88. The maximum atomic E-state index is 9.72. The second-order valence-corrected chi connectivity index (χ2v) is 6.70. The van der Waals surface area contributed by atoms with Gasteiger partial charge in [0.1, 0.15) is 5.75 Å². The Bertz CT molecular complexity index is 644. The normalized spacial score (nSPS) is 17.6. The van der Waals surface area contributed by atoms with Gasteiger partial charge in [-0.2, -0.15) is 0 Å². The van der Waals surface area contributed by atoms with Crippen LogP contribution in [0.25, 0.3) is 0 Å². The van der Waals surface area contributed by atoms with E-state index in [0.29, 0.717) is 5.75 Å². The Morgan fingerprint density at radius 1 is 1.20 bits per heavy atom. The zero-order valence-corrected chi connectivity index (χ0v) is 13.8. The fourth-order valence-electron chi connectivity index (χ4n) is 2.73. The number of aromatic hydroxyl groups is 1. The lowest BCUT2D eigenvalue weighted by Gasteiger charge is -2.28. The summed E-state index contributed by atoms with van der Waals surface area (Å²) >= 11 is 8.29. The molecule has 3 rings (SSSR count). The quantitative estimate of drug-likeness (QED) is 0.685. The van der Waals surface area contributed by atoms with Crippen molar-refractivity contribution in [2.24, 2.45) is 0 Å². The lowest BCUT2D eigenvalue weighted by Crippen LogP contribution is -2.17. The molecule has 20 heavy (non-hydrogen) atoms. The molecule has 0 saturated carbocycles.